The van der Waals surface area contributed by atoms with E-state index in [1.165, 1.54) is 51.4 Å². The predicted molar refractivity (Wildman–Crippen MR) is 79.6 cm³/mol. The van der Waals surface area contributed by atoms with Gasteiger partial charge in [0.05, 0.1) is 0 Å². The van der Waals surface area contributed by atoms with Crippen LogP contribution in [-0.4, -0.2) is 6.04 Å². The normalized spacial score (nSPS) is 25.8. The fourth-order valence-electron chi connectivity index (χ4n) is 4.18. The average molecular weight is 258 g/mol. The lowest BCUT2D eigenvalue weighted by atomic mass is 9.72. The number of rotatable bonds is 3. The monoisotopic (exact) mass is 258 g/mol. The molecule has 0 radical (unpaired) electrons. The smallest absolute Gasteiger partial charge is 0.0270 e. The third-order valence-electron chi connectivity index (χ3n) is 5.24. The van der Waals surface area contributed by atoms with Gasteiger partial charge in [0.2, 0.25) is 0 Å². The van der Waals surface area contributed by atoms with E-state index in [-0.39, 0.29) is 0 Å². The Balaban J connectivity index is 1.71. The van der Waals surface area contributed by atoms with Gasteiger partial charge in [0.15, 0.2) is 0 Å². The van der Waals surface area contributed by atoms with E-state index in [1.807, 2.05) is 0 Å². The minimum absolute atomic E-state index is 0.522. The molecule has 104 valence electrons. The van der Waals surface area contributed by atoms with Crippen LogP contribution in [0.2, 0.25) is 0 Å². The maximum absolute atomic E-state index is 5.90. The van der Waals surface area contributed by atoms with Crippen LogP contribution >= 0.6 is 0 Å². The van der Waals surface area contributed by atoms with Crippen molar-refractivity contribution in [3.8, 4) is 0 Å². The van der Waals surface area contributed by atoms with Gasteiger partial charge < -0.3 is 0 Å². The quantitative estimate of drug-likeness (QED) is 0.645. The van der Waals surface area contributed by atoms with Crippen LogP contribution < -0.4 is 11.3 Å². The second kappa shape index (κ2) is 6.06. The van der Waals surface area contributed by atoms with E-state index in [1.54, 1.807) is 11.1 Å². The van der Waals surface area contributed by atoms with Crippen molar-refractivity contribution in [2.45, 2.75) is 57.4 Å². The summed E-state index contributed by atoms with van der Waals surface area (Å²) in [7, 11) is 0. The van der Waals surface area contributed by atoms with Crippen molar-refractivity contribution < 1.29 is 0 Å². The van der Waals surface area contributed by atoms with Gasteiger partial charge >= 0.3 is 0 Å². The standard InChI is InChI=1S/C17H26N2/c18-19-17(14-7-2-1-3-8-14)16-11-10-13-6-4-5-9-15(13)12-16/h4-6,9,14,16-17,19H,1-3,7-8,10-12,18H2. The second-order valence-electron chi connectivity index (χ2n) is 6.36. The molecule has 2 heteroatoms. The molecule has 0 aromatic heterocycles. The first-order valence-electron chi connectivity index (χ1n) is 7.91. The van der Waals surface area contributed by atoms with Crippen molar-refractivity contribution in [1.82, 2.24) is 5.43 Å². The summed E-state index contributed by atoms with van der Waals surface area (Å²) in [6, 6.07) is 9.45. The fourth-order valence-corrected chi connectivity index (χ4v) is 4.18. The third-order valence-corrected chi connectivity index (χ3v) is 5.24. The van der Waals surface area contributed by atoms with E-state index in [0.717, 1.165) is 11.8 Å². The van der Waals surface area contributed by atoms with E-state index >= 15 is 0 Å². The molecule has 1 aromatic carbocycles. The molecule has 3 rings (SSSR count). The number of benzene rings is 1. The van der Waals surface area contributed by atoms with Gasteiger partial charge in [-0.25, -0.2) is 0 Å². The number of nitrogens with two attached hydrogens (primary N) is 1. The summed E-state index contributed by atoms with van der Waals surface area (Å²) in [5, 5.41) is 0. The molecular formula is C17H26N2. The highest BCUT2D eigenvalue weighted by molar-refractivity contribution is 5.30. The predicted octanol–water partition coefficient (Wildman–Crippen LogP) is 3.20. The molecule has 1 saturated carbocycles. The van der Waals surface area contributed by atoms with Crippen LogP contribution in [0.15, 0.2) is 24.3 Å². The number of fused-ring (bicyclic) bond motifs is 1. The summed E-state index contributed by atoms with van der Waals surface area (Å²) in [4.78, 5) is 0. The molecule has 2 nitrogen and oxygen atoms in total. The van der Waals surface area contributed by atoms with Gasteiger partial charge in [0.25, 0.3) is 0 Å². The molecule has 0 bridgehead atoms. The van der Waals surface area contributed by atoms with Crippen LogP contribution in [0, 0.1) is 11.8 Å². The SMILES string of the molecule is NNC(C1CCCCC1)C1CCc2ccccc2C1. The zero-order valence-electron chi connectivity index (χ0n) is 11.8. The highest BCUT2D eigenvalue weighted by atomic mass is 15.2. The molecule has 19 heavy (non-hydrogen) atoms. The van der Waals surface area contributed by atoms with Gasteiger partial charge in [-0.3, -0.25) is 11.3 Å². The Morgan fingerprint density at radius 1 is 0.947 bits per heavy atom. The highest BCUT2D eigenvalue weighted by Gasteiger charge is 2.31. The van der Waals surface area contributed by atoms with Gasteiger partial charge in [-0.1, -0.05) is 43.5 Å². The van der Waals surface area contributed by atoms with Gasteiger partial charge in [0.1, 0.15) is 0 Å². The Labute approximate surface area is 116 Å². The van der Waals surface area contributed by atoms with E-state index in [9.17, 15) is 0 Å². The van der Waals surface area contributed by atoms with Crippen LogP contribution in [0.4, 0.5) is 0 Å². The minimum Gasteiger partial charge on any atom is -0.271 e. The van der Waals surface area contributed by atoms with Crippen molar-refractivity contribution in [1.29, 1.82) is 0 Å². The molecule has 0 aliphatic heterocycles. The number of hydrogen-bond donors (Lipinski definition) is 2. The van der Waals surface area contributed by atoms with Crippen molar-refractivity contribution in [3.63, 3.8) is 0 Å². The van der Waals surface area contributed by atoms with E-state index in [0.29, 0.717) is 6.04 Å². The molecule has 2 aliphatic carbocycles. The number of hydrogen-bond acceptors (Lipinski definition) is 2. The Morgan fingerprint density at radius 2 is 1.68 bits per heavy atom. The zero-order valence-corrected chi connectivity index (χ0v) is 11.8. The average Bonchev–Trinajstić information content (AvgIpc) is 2.49. The van der Waals surface area contributed by atoms with Crippen LogP contribution in [0.1, 0.15) is 49.7 Å². The summed E-state index contributed by atoms with van der Waals surface area (Å²) in [5.74, 6) is 7.43. The summed E-state index contributed by atoms with van der Waals surface area (Å²) in [6.45, 7) is 0. The van der Waals surface area contributed by atoms with Gasteiger partial charge in [0, 0.05) is 6.04 Å². The maximum Gasteiger partial charge on any atom is 0.0270 e. The summed E-state index contributed by atoms with van der Waals surface area (Å²) in [6.07, 6.45) is 10.7. The summed E-state index contributed by atoms with van der Waals surface area (Å²) < 4.78 is 0. The molecular weight excluding hydrogens is 232 g/mol. The molecule has 0 saturated heterocycles. The van der Waals surface area contributed by atoms with Crippen LogP contribution in [0.5, 0.6) is 0 Å². The van der Waals surface area contributed by atoms with E-state index in [2.05, 4.69) is 29.7 Å². The third kappa shape index (κ3) is 2.85. The fraction of sp³-hybridized carbons (Fsp3) is 0.647. The first-order chi connectivity index (χ1) is 9.38. The van der Waals surface area contributed by atoms with Crippen molar-refractivity contribution in [2.24, 2.45) is 17.7 Å². The Hall–Kier alpha value is -0.860. The second-order valence-corrected chi connectivity index (χ2v) is 6.36. The Kier molecular flexibility index (Phi) is 4.19. The molecule has 1 aromatic rings. The van der Waals surface area contributed by atoms with Crippen LogP contribution in [0.25, 0.3) is 0 Å². The first-order valence-corrected chi connectivity index (χ1v) is 7.91. The number of nitrogens with one attached hydrogen (secondary N) is 1. The van der Waals surface area contributed by atoms with Gasteiger partial charge in [-0.15, -0.1) is 0 Å². The molecule has 0 heterocycles. The van der Waals surface area contributed by atoms with Crippen LogP contribution in [0.3, 0.4) is 0 Å². The molecule has 1 fully saturated rings. The molecule has 2 atom stereocenters. The zero-order chi connectivity index (χ0) is 13.1. The number of hydrazine groups is 1. The van der Waals surface area contributed by atoms with Crippen LogP contribution in [-0.2, 0) is 12.8 Å². The Bertz CT molecular complexity index is 409. The van der Waals surface area contributed by atoms with Crippen molar-refractivity contribution in [3.05, 3.63) is 35.4 Å². The lowest BCUT2D eigenvalue weighted by Crippen LogP contribution is -2.48. The van der Waals surface area contributed by atoms with Crippen molar-refractivity contribution >= 4 is 0 Å². The number of aryl methyl sites for hydroxylation is 1. The minimum atomic E-state index is 0.522. The van der Waals surface area contributed by atoms with Crippen molar-refractivity contribution in [2.75, 3.05) is 0 Å². The van der Waals surface area contributed by atoms with E-state index < -0.39 is 0 Å². The summed E-state index contributed by atoms with van der Waals surface area (Å²) >= 11 is 0. The maximum atomic E-state index is 5.90. The largest absolute Gasteiger partial charge is 0.271 e. The topological polar surface area (TPSA) is 38.0 Å². The molecule has 2 aliphatic rings. The highest BCUT2D eigenvalue weighted by Crippen LogP contribution is 2.35. The van der Waals surface area contributed by atoms with Gasteiger partial charge in [-0.2, -0.15) is 0 Å². The molecule has 2 unspecified atom stereocenters. The molecule has 3 N–H and O–H groups in total. The Morgan fingerprint density at radius 3 is 2.42 bits per heavy atom. The lowest BCUT2D eigenvalue weighted by Gasteiger charge is -2.37. The van der Waals surface area contributed by atoms with E-state index in [4.69, 9.17) is 5.84 Å². The van der Waals surface area contributed by atoms with Gasteiger partial charge in [-0.05, 0) is 55.1 Å². The molecule has 0 amide bonds. The first kappa shape index (κ1) is 13.1. The molecule has 0 spiro atoms. The lowest BCUT2D eigenvalue weighted by molar-refractivity contribution is 0.194. The summed E-state index contributed by atoms with van der Waals surface area (Å²) in [5.41, 5.74) is 6.28.